The first-order valence-electron chi connectivity index (χ1n) is 7.98. The highest BCUT2D eigenvalue weighted by Gasteiger charge is 2.38. The van der Waals surface area contributed by atoms with Gasteiger partial charge in [-0.05, 0) is 33.3 Å². The Morgan fingerprint density at radius 1 is 1.43 bits per heavy atom. The van der Waals surface area contributed by atoms with Crippen LogP contribution in [0.4, 0.5) is 0 Å². The molecule has 1 aliphatic heterocycles. The van der Waals surface area contributed by atoms with Crippen LogP contribution in [-0.2, 0) is 0 Å². The van der Waals surface area contributed by atoms with Crippen molar-refractivity contribution in [3.05, 3.63) is 18.3 Å². The molecule has 1 saturated heterocycles. The van der Waals surface area contributed by atoms with Crippen molar-refractivity contribution in [2.24, 2.45) is 5.92 Å². The van der Waals surface area contributed by atoms with Crippen LogP contribution >= 0.6 is 0 Å². The Kier molecular flexibility index (Phi) is 5.09. The fraction of sp³-hybridized carbons (Fsp3) is 0.706. The van der Waals surface area contributed by atoms with Crippen LogP contribution in [0.2, 0.25) is 0 Å². The average molecular weight is 292 g/mol. The molecule has 0 spiro atoms. The van der Waals surface area contributed by atoms with Crippen LogP contribution in [-0.4, -0.2) is 29.3 Å². The summed E-state index contributed by atoms with van der Waals surface area (Å²) in [5.41, 5.74) is -0.170. The Bertz CT molecular complexity index is 449. The predicted molar refractivity (Wildman–Crippen MR) is 84.9 cm³/mol. The monoisotopic (exact) mass is 292 g/mol. The minimum atomic E-state index is -0.170. The van der Waals surface area contributed by atoms with E-state index < -0.39 is 0 Å². The predicted octanol–water partition coefficient (Wildman–Crippen LogP) is 3.41. The Labute approximate surface area is 128 Å². The number of hydrogen-bond donors (Lipinski definition) is 1. The molecule has 4 heteroatoms. The summed E-state index contributed by atoms with van der Waals surface area (Å²) in [4.78, 5) is 4.40. The highest BCUT2D eigenvalue weighted by atomic mass is 16.5. The molecule has 1 aromatic rings. The van der Waals surface area contributed by atoms with Gasteiger partial charge in [-0.1, -0.05) is 13.8 Å². The SMILES string of the molecule is CCC(C)Oc1ccc(OC2(C)CC(C)NCC2C)nc1. The zero-order chi connectivity index (χ0) is 15.5. The number of hydrogen-bond acceptors (Lipinski definition) is 4. The zero-order valence-corrected chi connectivity index (χ0v) is 13.8. The van der Waals surface area contributed by atoms with Gasteiger partial charge in [-0.25, -0.2) is 4.98 Å². The van der Waals surface area contributed by atoms with Crippen molar-refractivity contribution in [2.75, 3.05) is 6.54 Å². The fourth-order valence-electron chi connectivity index (χ4n) is 2.67. The first-order chi connectivity index (χ1) is 9.93. The van der Waals surface area contributed by atoms with E-state index in [2.05, 4.69) is 44.9 Å². The van der Waals surface area contributed by atoms with E-state index in [4.69, 9.17) is 9.47 Å². The molecule has 2 heterocycles. The number of piperidine rings is 1. The third-order valence-electron chi connectivity index (χ3n) is 4.49. The summed E-state index contributed by atoms with van der Waals surface area (Å²) in [5.74, 6) is 1.93. The van der Waals surface area contributed by atoms with Crippen molar-refractivity contribution in [2.45, 2.75) is 65.2 Å². The molecule has 4 nitrogen and oxygen atoms in total. The van der Waals surface area contributed by atoms with Gasteiger partial charge in [-0.3, -0.25) is 0 Å². The summed E-state index contributed by atoms with van der Waals surface area (Å²) in [6.07, 6.45) is 3.93. The summed E-state index contributed by atoms with van der Waals surface area (Å²) < 4.78 is 11.9. The third-order valence-corrected chi connectivity index (χ3v) is 4.49. The molecule has 0 bridgehead atoms. The fourth-order valence-corrected chi connectivity index (χ4v) is 2.67. The second kappa shape index (κ2) is 6.65. The van der Waals surface area contributed by atoms with Crippen LogP contribution in [0.3, 0.4) is 0 Å². The molecule has 1 aromatic heterocycles. The summed E-state index contributed by atoms with van der Waals surface area (Å²) in [7, 11) is 0. The number of nitrogens with one attached hydrogen (secondary N) is 1. The van der Waals surface area contributed by atoms with E-state index >= 15 is 0 Å². The standard InChI is InChI=1S/C17H28N2O2/c1-6-14(4)20-15-7-8-16(19-11-15)21-17(5)9-13(3)18-10-12(17)2/h7-8,11-14,18H,6,9-10H2,1-5H3. The van der Waals surface area contributed by atoms with Crippen LogP contribution in [0.15, 0.2) is 18.3 Å². The van der Waals surface area contributed by atoms with Gasteiger partial charge < -0.3 is 14.8 Å². The summed E-state index contributed by atoms with van der Waals surface area (Å²) in [6.45, 7) is 11.7. The van der Waals surface area contributed by atoms with Gasteiger partial charge in [0.2, 0.25) is 5.88 Å². The largest absolute Gasteiger partial charge is 0.489 e. The second-order valence-electron chi connectivity index (χ2n) is 6.50. The molecule has 0 radical (unpaired) electrons. The molecule has 1 fully saturated rings. The van der Waals surface area contributed by atoms with Gasteiger partial charge >= 0.3 is 0 Å². The lowest BCUT2D eigenvalue weighted by Gasteiger charge is -2.42. The van der Waals surface area contributed by atoms with Gasteiger partial charge in [0.25, 0.3) is 0 Å². The lowest BCUT2D eigenvalue weighted by molar-refractivity contribution is -0.00779. The van der Waals surface area contributed by atoms with E-state index in [1.165, 1.54) is 0 Å². The number of rotatable bonds is 5. The maximum Gasteiger partial charge on any atom is 0.213 e. The van der Waals surface area contributed by atoms with E-state index in [1.807, 2.05) is 12.1 Å². The van der Waals surface area contributed by atoms with Crippen molar-refractivity contribution >= 4 is 0 Å². The Hall–Kier alpha value is -1.29. The first kappa shape index (κ1) is 16.1. The molecule has 0 aromatic carbocycles. The minimum absolute atomic E-state index is 0.170. The van der Waals surface area contributed by atoms with Gasteiger partial charge in [0.1, 0.15) is 11.4 Å². The molecule has 1 N–H and O–H groups in total. The summed E-state index contributed by atoms with van der Waals surface area (Å²) in [5, 5.41) is 3.49. The van der Waals surface area contributed by atoms with Crippen LogP contribution < -0.4 is 14.8 Å². The zero-order valence-electron chi connectivity index (χ0n) is 13.8. The van der Waals surface area contributed by atoms with E-state index in [0.29, 0.717) is 17.8 Å². The lowest BCUT2D eigenvalue weighted by atomic mass is 9.81. The highest BCUT2D eigenvalue weighted by molar-refractivity contribution is 5.23. The van der Waals surface area contributed by atoms with Crippen molar-refractivity contribution in [1.82, 2.24) is 10.3 Å². The molecule has 1 aliphatic rings. The quantitative estimate of drug-likeness (QED) is 0.903. The van der Waals surface area contributed by atoms with Crippen molar-refractivity contribution in [3.63, 3.8) is 0 Å². The smallest absolute Gasteiger partial charge is 0.213 e. The molecular weight excluding hydrogens is 264 g/mol. The van der Waals surface area contributed by atoms with E-state index in [9.17, 15) is 0 Å². The molecule has 4 atom stereocenters. The summed E-state index contributed by atoms with van der Waals surface area (Å²) >= 11 is 0. The van der Waals surface area contributed by atoms with Crippen molar-refractivity contribution < 1.29 is 9.47 Å². The van der Waals surface area contributed by atoms with Gasteiger partial charge in [-0.2, -0.15) is 0 Å². The van der Waals surface area contributed by atoms with Crippen molar-refractivity contribution in [1.29, 1.82) is 0 Å². The number of ether oxygens (including phenoxy) is 2. The molecule has 0 aliphatic carbocycles. The van der Waals surface area contributed by atoms with Crippen LogP contribution in [0.25, 0.3) is 0 Å². The number of pyridine rings is 1. The second-order valence-corrected chi connectivity index (χ2v) is 6.50. The van der Waals surface area contributed by atoms with Gasteiger partial charge in [0, 0.05) is 31.0 Å². The van der Waals surface area contributed by atoms with Crippen LogP contribution in [0.1, 0.15) is 47.5 Å². The van der Waals surface area contributed by atoms with Gasteiger partial charge in [0.15, 0.2) is 0 Å². The molecule has 118 valence electrons. The number of nitrogens with zero attached hydrogens (tertiary/aromatic N) is 1. The minimum Gasteiger partial charge on any atom is -0.489 e. The molecule has 4 unspecified atom stereocenters. The first-order valence-corrected chi connectivity index (χ1v) is 7.98. The number of aromatic nitrogens is 1. The maximum absolute atomic E-state index is 6.21. The topological polar surface area (TPSA) is 43.4 Å². The molecule has 21 heavy (non-hydrogen) atoms. The summed E-state index contributed by atoms with van der Waals surface area (Å²) in [6, 6.07) is 4.31. The highest BCUT2D eigenvalue weighted by Crippen LogP contribution is 2.31. The Morgan fingerprint density at radius 2 is 2.19 bits per heavy atom. The Morgan fingerprint density at radius 3 is 2.81 bits per heavy atom. The average Bonchev–Trinajstić information content (AvgIpc) is 2.45. The normalized spacial score (nSPS) is 30.7. The van der Waals surface area contributed by atoms with Crippen LogP contribution in [0.5, 0.6) is 11.6 Å². The maximum atomic E-state index is 6.21. The van der Waals surface area contributed by atoms with E-state index in [0.717, 1.165) is 25.1 Å². The molecule has 0 saturated carbocycles. The van der Waals surface area contributed by atoms with E-state index in [1.54, 1.807) is 6.20 Å². The molecule has 2 rings (SSSR count). The van der Waals surface area contributed by atoms with Gasteiger partial charge in [0.05, 0.1) is 12.3 Å². The lowest BCUT2D eigenvalue weighted by Crippen LogP contribution is -2.54. The third kappa shape index (κ3) is 4.10. The van der Waals surface area contributed by atoms with Crippen LogP contribution in [0, 0.1) is 5.92 Å². The van der Waals surface area contributed by atoms with Crippen molar-refractivity contribution in [3.8, 4) is 11.6 Å². The molecule has 0 amide bonds. The molecular formula is C17H28N2O2. The Balaban J connectivity index is 2.02. The van der Waals surface area contributed by atoms with Gasteiger partial charge in [-0.15, -0.1) is 0 Å². The van der Waals surface area contributed by atoms with E-state index in [-0.39, 0.29) is 11.7 Å².